The molecule has 1 unspecified atom stereocenters. The Hall–Kier alpha value is -1.25. The van der Waals surface area contributed by atoms with Gasteiger partial charge in [0.15, 0.2) is 0 Å². The molecule has 0 saturated heterocycles. The molecule has 1 aromatic carbocycles. The smallest absolute Gasteiger partial charge is 0.166 e. The van der Waals surface area contributed by atoms with Crippen LogP contribution in [0.1, 0.15) is 37.3 Å². The zero-order valence-corrected chi connectivity index (χ0v) is 9.72. The van der Waals surface area contributed by atoms with Crippen molar-refractivity contribution in [1.82, 2.24) is 0 Å². The minimum absolute atomic E-state index is 0.577. The van der Waals surface area contributed by atoms with Gasteiger partial charge in [0.1, 0.15) is 0 Å². The molecule has 0 aliphatic heterocycles. The van der Waals surface area contributed by atoms with Crippen LogP contribution in [0.4, 0.5) is 13.2 Å². The van der Waals surface area contributed by atoms with Gasteiger partial charge in [-0.15, -0.1) is 0 Å². The Morgan fingerprint density at radius 1 is 1.18 bits per heavy atom. The van der Waals surface area contributed by atoms with Gasteiger partial charge < -0.3 is 0 Å². The third-order valence-corrected chi connectivity index (χ3v) is 3.37. The number of hydrogen-bond acceptors (Lipinski definition) is 0. The molecule has 17 heavy (non-hydrogen) atoms. The van der Waals surface area contributed by atoms with Gasteiger partial charge in [0.2, 0.25) is 0 Å². The van der Waals surface area contributed by atoms with E-state index in [-0.39, 0.29) is 0 Å². The summed E-state index contributed by atoms with van der Waals surface area (Å²) >= 11 is 0. The van der Waals surface area contributed by atoms with Gasteiger partial charge in [-0.3, -0.25) is 0 Å². The van der Waals surface area contributed by atoms with E-state index in [2.05, 4.69) is 13.0 Å². The Morgan fingerprint density at radius 3 is 2.29 bits per heavy atom. The van der Waals surface area contributed by atoms with E-state index in [0.717, 1.165) is 37.0 Å². The first-order valence-electron chi connectivity index (χ1n) is 5.87. The largest absolute Gasteiger partial charge is 0.416 e. The summed E-state index contributed by atoms with van der Waals surface area (Å²) in [5, 5.41) is 0. The van der Waals surface area contributed by atoms with Gasteiger partial charge in [0.25, 0.3) is 0 Å². The van der Waals surface area contributed by atoms with Crippen molar-refractivity contribution in [3.05, 3.63) is 41.5 Å². The van der Waals surface area contributed by atoms with E-state index in [4.69, 9.17) is 0 Å². The molecule has 3 heteroatoms. The maximum absolute atomic E-state index is 12.4. The van der Waals surface area contributed by atoms with E-state index >= 15 is 0 Å². The molecule has 1 atom stereocenters. The zero-order chi connectivity index (χ0) is 12.5. The van der Waals surface area contributed by atoms with Crippen LogP contribution in [0.25, 0.3) is 5.57 Å². The summed E-state index contributed by atoms with van der Waals surface area (Å²) in [6.45, 7) is 2.15. The summed E-state index contributed by atoms with van der Waals surface area (Å²) < 4.78 is 37.2. The lowest BCUT2D eigenvalue weighted by Gasteiger charge is -2.09. The van der Waals surface area contributed by atoms with Crippen molar-refractivity contribution in [2.24, 2.45) is 5.92 Å². The SMILES string of the molecule is CCC1CC=C(c2ccc(C(F)(F)F)cc2)C1. The number of allylic oxidation sites excluding steroid dienone is 2. The van der Waals surface area contributed by atoms with Crippen LogP contribution in [0, 0.1) is 5.92 Å². The van der Waals surface area contributed by atoms with Crippen molar-refractivity contribution >= 4 is 5.57 Å². The molecule has 1 aliphatic rings. The van der Waals surface area contributed by atoms with E-state index in [1.165, 1.54) is 5.57 Å². The fourth-order valence-corrected chi connectivity index (χ4v) is 2.21. The van der Waals surface area contributed by atoms with Crippen LogP contribution < -0.4 is 0 Å². The second kappa shape index (κ2) is 4.55. The van der Waals surface area contributed by atoms with Gasteiger partial charge in [-0.25, -0.2) is 0 Å². The number of hydrogen-bond donors (Lipinski definition) is 0. The molecule has 0 fully saturated rings. The van der Waals surface area contributed by atoms with Crippen LogP contribution in [0.5, 0.6) is 0 Å². The van der Waals surface area contributed by atoms with Crippen molar-refractivity contribution in [3.63, 3.8) is 0 Å². The second-order valence-electron chi connectivity index (χ2n) is 4.52. The predicted molar refractivity (Wildman–Crippen MR) is 62.4 cm³/mol. The lowest BCUT2D eigenvalue weighted by atomic mass is 9.98. The molecule has 0 bridgehead atoms. The highest BCUT2D eigenvalue weighted by Gasteiger charge is 2.30. The predicted octanol–water partition coefficient (Wildman–Crippen LogP) is 4.91. The standard InChI is InChI=1S/C14H15F3/c1-2-10-3-4-12(9-10)11-5-7-13(8-6-11)14(15,16)17/h4-8,10H,2-3,9H2,1H3. The summed E-state index contributed by atoms with van der Waals surface area (Å²) in [5.74, 6) is 0.660. The van der Waals surface area contributed by atoms with E-state index in [1.54, 1.807) is 12.1 Å². The number of benzene rings is 1. The molecule has 0 aromatic heterocycles. The first-order chi connectivity index (χ1) is 8.00. The molecule has 0 heterocycles. The summed E-state index contributed by atoms with van der Waals surface area (Å²) in [4.78, 5) is 0. The molecule has 0 N–H and O–H groups in total. The van der Waals surface area contributed by atoms with Gasteiger partial charge in [-0.1, -0.05) is 31.6 Å². The second-order valence-corrected chi connectivity index (χ2v) is 4.52. The van der Waals surface area contributed by atoms with Crippen LogP contribution in [0.15, 0.2) is 30.3 Å². The highest BCUT2D eigenvalue weighted by atomic mass is 19.4. The van der Waals surface area contributed by atoms with Crippen molar-refractivity contribution in [2.75, 3.05) is 0 Å². The van der Waals surface area contributed by atoms with Crippen LogP contribution in [0.2, 0.25) is 0 Å². The third-order valence-electron chi connectivity index (χ3n) is 3.37. The maximum Gasteiger partial charge on any atom is 0.416 e. The summed E-state index contributed by atoms with van der Waals surface area (Å²) in [6, 6.07) is 5.48. The molecule has 0 nitrogen and oxygen atoms in total. The van der Waals surface area contributed by atoms with Gasteiger partial charge >= 0.3 is 6.18 Å². The van der Waals surface area contributed by atoms with Crippen molar-refractivity contribution in [3.8, 4) is 0 Å². The van der Waals surface area contributed by atoms with Crippen LogP contribution in [-0.2, 0) is 6.18 Å². The molecule has 0 radical (unpaired) electrons. The Morgan fingerprint density at radius 2 is 1.82 bits per heavy atom. The quantitative estimate of drug-likeness (QED) is 0.689. The monoisotopic (exact) mass is 240 g/mol. The molecule has 0 saturated carbocycles. The number of halogens is 3. The highest BCUT2D eigenvalue weighted by molar-refractivity contribution is 5.67. The highest BCUT2D eigenvalue weighted by Crippen LogP contribution is 2.35. The van der Waals surface area contributed by atoms with E-state index < -0.39 is 11.7 Å². The summed E-state index contributed by atoms with van der Waals surface area (Å²) in [6.07, 6.45) is 1.07. The van der Waals surface area contributed by atoms with Gasteiger partial charge in [0, 0.05) is 0 Å². The molecule has 2 rings (SSSR count). The normalized spacial score (nSPS) is 20.5. The number of alkyl halides is 3. The topological polar surface area (TPSA) is 0 Å². The zero-order valence-electron chi connectivity index (χ0n) is 9.72. The third kappa shape index (κ3) is 2.71. The summed E-state index contributed by atoms with van der Waals surface area (Å²) in [7, 11) is 0. The summed E-state index contributed by atoms with van der Waals surface area (Å²) in [5.41, 5.74) is 1.53. The van der Waals surface area contributed by atoms with Crippen LogP contribution in [0.3, 0.4) is 0 Å². The Bertz CT molecular complexity index is 412. The molecule has 1 aliphatic carbocycles. The molecular weight excluding hydrogens is 225 g/mol. The van der Waals surface area contributed by atoms with E-state index in [1.807, 2.05) is 0 Å². The molecule has 92 valence electrons. The number of rotatable bonds is 2. The first-order valence-corrected chi connectivity index (χ1v) is 5.87. The van der Waals surface area contributed by atoms with E-state index in [9.17, 15) is 13.2 Å². The van der Waals surface area contributed by atoms with Crippen LogP contribution in [-0.4, -0.2) is 0 Å². The Balaban J connectivity index is 2.14. The average molecular weight is 240 g/mol. The minimum atomic E-state index is -4.24. The molecular formula is C14H15F3. The lowest BCUT2D eigenvalue weighted by Crippen LogP contribution is -2.04. The molecule has 1 aromatic rings. The van der Waals surface area contributed by atoms with Crippen molar-refractivity contribution in [2.45, 2.75) is 32.4 Å². The van der Waals surface area contributed by atoms with Crippen molar-refractivity contribution in [1.29, 1.82) is 0 Å². The fourth-order valence-electron chi connectivity index (χ4n) is 2.21. The molecule has 0 amide bonds. The fraction of sp³-hybridized carbons (Fsp3) is 0.429. The van der Waals surface area contributed by atoms with E-state index in [0.29, 0.717) is 5.92 Å². The maximum atomic E-state index is 12.4. The first kappa shape index (κ1) is 12.2. The van der Waals surface area contributed by atoms with Crippen molar-refractivity contribution < 1.29 is 13.2 Å². The van der Waals surface area contributed by atoms with Gasteiger partial charge in [0.05, 0.1) is 5.56 Å². The van der Waals surface area contributed by atoms with Crippen LogP contribution >= 0.6 is 0 Å². The van der Waals surface area contributed by atoms with Gasteiger partial charge in [-0.05, 0) is 42.0 Å². The Labute approximate surface area is 99.2 Å². The lowest BCUT2D eigenvalue weighted by molar-refractivity contribution is -0.137. The minimum Gasteiger partial charge on any atom is -0.166 e. The Kier molecular flexibility index (Phi) is 3.27. The molecule has 0 spiro atoms. The average Bonchev–Trinajstić information content (AvgIpc) is 2.76. The van der Waals surface area contributed by atoms with Gasteiger partial charge in [-0.2, -0.15) is 13.2 Å².